The molecule has 0 aliphatic heterocycles. The summed E-state index contributed by atoms with van der Waals surface area (Å²) in [5.74, 6) is 0.198. The number of unbranched alkanes of at least 4 members (excludes halogenated alkanes) is 2. The van der Waals surface area contributed by atoms with Crippen LogP contribution in [-0.4, -0.2) is 5.78 Å². The molecule has 0 saturated heterocycles. The van der Waals surface area contributed by atoms with Crippen LogP contribution in [0, 0.1) is 6.42 Å². The van der Waals surface area contributed by atoms with Crippen LogP contribution in [0.15, 0.2) is 12.7 Å². The van der Waals surface area contributed by atoms with E-state index in [1.54, 1.807) is 12.5 Å². The summed E-state index contributed by atoms with van der Waals surface area (Å²) in [7, 11) is 0. The van der Waals surface area contributed by atoms with E-state index < -0.39 is 0 Å². The molecule has 1 heteroatoms. The molecule has 0 bridgehead atoms. The molecular weight excluding hydrogens is 124 g/mol. The number of rotatable bonds is 6. The molecule has 0 amide bonds. The van der Waals surface area contributed by atoms with E-state index >= 15 is 0 Å². The number of ketones is 1. The van der Waals surface area contributed by atoms with E-state index in [2.05, 4.69) is 13.5 Å². The Hall–Kier alpha value is -0.590. The number of Topliss-reactive ketones (excluding diaryl/α,β-unsaturated/α-hetero) is 1. The van der Waals surface area contributed by atoms with Crippen molar-refractivity contribution < 1.29 is 4.79 Å². The second-order valence-electron chi connectivity index (χ2n) is 2.31. The number of hydrogen-bond donors (Lipinski definition) is 0. The van der Waals surface area contributed by atoms with Crippen LogP contribution in [0.1, 0.15) is 32.6 Å². The Bertz CT molecular complexity index is 105. The number of carbonyl (C=O) groups excluding carboxylic acids is 1. The molecule has 57 valence electrons. The van der Waals surface area contributed by atoms with Gasteiger partial charge in [-0.3, -0.25) is 4.79 Å². The summed E-state index contributed by atoms with van der Waals surface area (Å²) in [6.07, 6.45) is 7.07. The van der Waals surface area contributed by atoms with Gasteiger partial charge in [0.05, 0.1) is 0 Å². The average Bonchev–Trinajstić information content (AvgIpc) is 1.89. The molecule has 0 atom stereocenters. The van der Waals surface area contributed by atoms with Gasteiger partial charge >= 0.3 is 0 Å². The van der Waals surface area contributed by atoms with Crippen LogP contribution in [0.5, 0.6) is 0 Å². The van der Waals surface area contributed by atoms with Gasteiger partial charge in [0.25, 0.3) is 0 Å². The van der Waals surface area contributed by atoms with Gasteiger partial charge in [-0.1, -0.05) is 25.8 Å². The minimum atomic E-state index is 0.198. The maximum absolute atomic E-state index is 10.8. The predicted molar refractivity (Wildman–Crippen MR) is 43.6 cm³/mol. The Morgan fingerprint density at radius 3 is 2.80 bits per heavy atom. The zero-order chi connectivity index (χ0) is 7.82. The van der Waals surface area contributed by atoms with Gasteiger partial charge < -0.3 is 0 Å². The molecule has 0 saturated carbocycles. The fourth-order valence-corrected chi connectivity index (χ4v) is 0.693. The second kappa shape index (κ2) is 6.53. The third kappa shape index (κ3) is 5.54. The molecule has 0 aromatic rings. The van der Waals surface area contributed by atoms with Gasteiger partial charge in [-0.05, 0) is 6.42 Å². The quantitative estimate of drug-likeness (QED) is 0.408. The molecule has 0 aromatic heterocycles. The van der Waals surface area contributed by atoms with Crippen LogP contribution in [-0.2, 0) is 4.79 Å². The van der Waals surface area contributed by atoms with Gasteiger partial charge in [-0.15, -0.1) is 6.58 Å². The summed E-state index contributed by atoms with van der Waals surface area (Å²) in [6.45, 7) is 5.60. The van der Waals surface area contributed by atoms with Gasteiger partial charge in [0.15, 0.2) is 0 Å². The summed E-state index contributed by atoms with van der Waals surface area (Å²) in [5, 5.41) is 0. The van der Waals surface area contributed by atoms with Gasteiger partial charge in [-0.2, -0.15) is 0 Å². The molecule has 0 spiro atoms. The highest BCUT2D eigenvalue weighted by Gasteiger charge is 1.97. The number of carbonyl (C=O) groups is 1. The first kappa shape index (κ1) is 9.41. The lowest BCUT2D eigenvalue weighted by Gasteiger charge is -1.94. The van der Waals surface area contributed by atoms with Crippen LogP contribution in [0.2, 0.25) is 0 Å². The lowest BCUT2D eigenvalue weighted by Crippen LogP contribution is -1.95. The summed E-state index contributed by atoms with van der Waals surface area (Å²) < 4.78 is 0. The molecule has 1 nitrogen and oxygen atoms in total. The highest BCUT2D eigenvalue weighted by Crippen LogP contribution is 2.00. The lowest BCUT2D eigenvalue weighted by molar-refractivity contribution is -0.115. The molecule has 0 unspecified atom stereocenters. The van der Waals surface area contributed by atoms with Crippen molar-refractivity contribution in [2.75, 3.05) is 0 Å². The fraction of sp³-hybridized carbons (Fsp3) is 0.556. The Labute approximate surface area is 63.1 Å². The average molecular weight is 139 g/mol. The second-order valence-corrected chi connectivity index (χ2v) is 2.31. The molecule has 0 aliphatic carbocycles. The minimum absolute atomic E-state index is 0.198. The Kier molecular flexibility index (Phi) is 6.14. The lowest BCUT2D eigenvalue weighted by atomic mass is 10.1. The monoisotopic (exact) mass is 139 g/mol. The molecular formula is C9H15O. The van der Waals surface area contributed by atoms with Crippen molar-refractivity contribution in [2.24, 2.45) is 0 Å². The van der Waals surface area contributed by atoms with Crippen LogP contribution < -0.4 is 0 Å². The molecule has 1 radical (unpaired) electrons. The SMILES string of the molecule is C=CCC(=O)[CH]CCCC. The molecule has 0 fully saturated rings. The van der Waals surface area contributed by atoms with E-state index in [9.17, 15) is 4.79 Å². The first-order valence-electron chi connectivity index (χ1n) is 3.78. The van der Waals surface area contributed by atoms with E-state index in [1.165, 1.54) is 0 Å². The number of allylic oxidation sites excluding steroid dienone is 1. The van der Waals surface area contributed by atoms with Gasteiger partial charge in [0, 0.05) is 12.8 Å². The first-order chi connectivity index (χ1) is 4.81. The highest BCUT2D eigenvalue weighted by atomic mass is 16.1. The van der Waals surface area contributed by atoms with E-state index in [0.29, 0.717) is 6.42 Å². The molecule has 0 aromatic carbocycles. The smallest absolute Gasteiger partial charge is 0.140 e. The summed E-state index contributed by atoms with van der Waals surface area (Å²) in [4.78, 5) is 10.8. The zero-order valence-electron chi connectivity index (χ0n) is 6.60. The summed E-state index contributed by atoms with van der Waals surface area (Å²) in [6, 6.07) is 0. The standard InChI is InChI=1S/C9H15O/c1-3-5-6-8-9(10)7-4-2/h4,8H,2-3,5-7H2,1H3. The van der Waals surface area contributed by atoms with Crippen LogP contribution >= 0.6 is 0 Å². The first-order valence-corrected chi connectivity index (χ1v) is 3.78. The predicted octanol–water partition coefficient (Wildman–Crippen LogP) is 2.53. The van der Waals surface area contributed by atoms with Gasteiger partial charge in [-0.25, -0.2) is 0 Å². The molecule has 10 heavy (non-hydrogen) atoms. The highest BCUT2D eigenvalue weighted by molar-refractivity contribution is 5.87. The van der Waals surface area contributed by atoms with Crippen LogP contribution in [0.25, 0.3) is 0 Å². The molecule has 0 N–H and O–H groups in total. The van der Waals surface area contributed by atoms with E-state index in [1.807, 2.05) is 0 Å². The molecule has 0 heterocycles. The zero-order valence-corrected chi connectivity index (χ0v) is 6.60. The van der Waals surface area contributed by atoms with Crippen LogP contribution in [0.4, 0.5) is 0 Å². The van der Waals surface area contributed by atoms with Crippen molar-refractivity contribution in [1.29, 1.82) is 0 Å². The van der Waals surface area contributed by atoms with E-state index in [4.69, 9.17) is 0 Å². The molecule has 0 aliphatic rings. The summed E-state index contributed by atoms with van der Waals surface area (Å²) in [5.41, 5.74) is 0. The van der Waals surface area contributed by atoms with Gasteiger partial charge in [0.1, 0.15) is 5.78 Å². The fourth-order valence-electron chi connectivity index (χ4n) is 0.693. The van der Waals surface area contributed by atoms with Crippen molar-refractivity contribution in [3.63, 3.8) is 0 Å². The van der Waals surface area contributed by atoms with Crippen molar-refractivity contribution in [3.05, 3.63) is 19.1 Å². The van der Waals surface area contributed by atoms with Crippen LogP contribution in [0.3, 0.4) is 0 Å². The number of hydrogen-bond acceptors (Lipinski definition) is 1. The Morgan fingerprint density at radius 2 is 2.30 bits per heavy atom. The van der Waals surface area contributed by atoms with E-state index in [-0.39, 0.29) is 5.78 Å². The minimum Gasteiger partial charge on any atom is -0.299 e. The van der Waals surface area contributed by atoms with Crippen molar-refractivity contribution in [2.45, 2.75) is 32.6 Å². The maximum atomic E-state index is 10.8. The topological polar surface area (TPSA) is 17.1 Å². The maximum Gasteiger partial charge on any atom is 0.140 e. The third-order valence-corrected chi connectivity index (χ3v) is 1.28. The normalized spacial score (nSPS) is 9.30. The van der Waals surface area contributed by atoms with Crippen molar-refractivity contribution in [3.8, 4) is 0 Å². The van der Waals surface area contributed by atoms with Gasteiger partial charge in [0.2, 0.25) is 0 Å². The largest absolute Gasteiger partial charge is 0.299 e. The Balaban J connectivity index is 3.13. The van der Waals surface area contributed by atoms with Crippen molar-refractivity contribution >= 4 is 5.78 Å². The van der Waals surface area contributed by atoms with E-state index in [0.717, 1.165) is 19.3 Å². The van der Waals surface area contributed by atoms with Crippen molar-refractivity contribution in [1.82, 2.24) is 0 Å². The Morgan fingerprint density at radius 1 is 1.60 bits per heavy atom. The molecule has 0 rings (SSSR count). The third-order valence-electron chi connectivity index (χ3n) is 1.28. The summed E-state index contributed by atoms with van der Waals surface area (Å²) >= 11 is 0.